The summed E-state index contributed by atoms with van der Waals surface area (Å²) < 4.78 is 10.5. The number of β-amino-alcohol motifs (C(OH)–C–C–N with tert-alkyl or cyclic N) is 1. The summed E-state index contributed by atoms with van der Waals surface area (Å²) in [5.41, 5.74) is 0.338. The van der Waals surface area contributed by atoms with Crippen LogP contribution in [0.15, 0.2) is 30.3 Å². The molecule has 0 aromatic heterocycles. The maximum Gasteiger partial charge on any atom is 0.410 e. The summed E-state index contributed by atoms with van der Waals surface area (Å²) in [6.45, 7) is 6.02. The summed E-state index contributed by atoms with van der Waals surface area (Å²) in [5.74, 6) is -0.699. The van der Waals surface area contributed by atoms with Crippen LogP contribution in [0.3, 0.4) is 0 Å². The molecule has 0 bridgehead atoms. The Morgan fingerprint density at radius 1 is 1.21 bits per heavy atom. The van der Waals surface area contributed by atoms with Gasteiger partial charge in [0, 0.05) is 12.5 Å². The molecule has 0 unspecified atom stereocenters. The molecule has 2 rings (SSSR count). The first-order valence-corrected chi connectivity index (χ1v) is 8.10. The van der Waals surface area contributed by atoms with Crippen LogP contribution in [0.5, 0.6) is 0 Å². The minimum absolute atomic E-state index is 0.0842. The molecule has 132 valence electrons. The Hall–Kier alpha value is -2.08. The lowest BCUT2D eigenvalue weighted by Gasteiger charge is -2.21. The number of carbonyl (C=O) groups excluding carboxylic acids is 2. The first-order chi connectivity index (χ1) is 11.2. The van der Waals surface area contributed by atoms with Gasteiger partial charge >= 0.3 is 12.1 Å². The molecule has 1 heterocycles. The average Bonchev–Trinajstić information content (AvgIpc) is 2.85. The number of benzene rings is 1. The minimum atomic E-state index is -0.748. The topological polar surface area (TPSA) is 76.1 Å². The van der Waals surface area contributed by atoms with Crippen molar-refractivity contribution in [2.45, 2.75) is 45.5 Å². The van der Waals surface area contributed by atoms with Crippen molar-refractivity contribution >= 4 is 12.1 Å². The molecule has 1 saturated heterocycles. The standard InChI is InChI=1S/C18H25NO5/c1-18(2,3)24-16(21)9-14-10-19(11-15(14)20)17(22)23-12-13-7-5-4-6-8-13/h4-8,14-15,20H,9-12H2,1-3H3/t14-,15-/m1/s1. The van der Waals surface area contributed by atoms with Crippen molar-refractivity contribution in [2.24, 2.45) is 5.92 Å². The van der Waals surface area contributed by atoms with Crippen LogP contribution in [0, 0.1) is 5.92 Å². The number of amides is 1. The Balaban J connectivity index is 1.81. The summed E-state index contributed by atoms with van der Waals surface area (Å²) >= 11 is 0. The first-order valence-electron chi connectivity index (χ1n) is 8.10. The van der Waals surface area contributed by atoms with Crippen molar-refractivity contribution < 1.29 is 24.2 Å². The predicted octanol–water partition coefficient (Wildman–Crippen LogP) is 2.35. The average molecular weight is 335 g/mol. The molecule has 0 aliphatic carbocycles. The van der Waals surface area contributed by atoms with Crippen molar-refractivity contribution in [3.8, 4) is 0 Å². The maximum absolute atomic E-state index is 12.1. The van der Waals surface area contributed by atoms with Crippen LogP contribution >= 0.6 is 0 Å². The Morgan fingerprint density at radius 3 is 2.50 bits per heavy atom. The lowest BCUT2D eigenvalue weighted by Crippen LogP contribution is -2.30. The second kappa shape index (κ2) is 7.66. The van der Waals surface area contributed by atoms with Crippen molar-refractivity contribution in [1.29, 1.82) is 0 Å². The van der Waals surface area contributed by atoms with Gasteiger partial charge in [0.25, 0.3) is 0 Å². The third-order valence-corrected chi connectivity index (χ3v) is 3.72. The zero-order valence-electron chi connectivity index (χ0n) is 14.4. The van der Waals surface area contributed by atoms with Crippen LogP contribution in [0.25, 0.3) is 0 Å². The van der Waals surface area contributed by atoms with Crippen LogP contribution in [-0.2, 0) is 20.9 Å². The van der Waals surface area contributed by atoms with Gasteiger partial charge in [-0.2, -0.15) is 0 Å². The molecular weight excluding hydrogens is 310 g/mol. The fourth-order valence-electron chi connectivity index (χ4n) is 2.61. The van der Waals surface area contributed by atoms with Crippen LogP contribution in [0.4, 0.5) is 4.79 Å². The summed E-state index contributed by atoms with van der Waals surface area (Å²) in [4.78, 5) is 25.4. The number of hydrogen-bond donors (Lipinski definition) is 1. The minimum Gasteiger partial charge on any atom is -0.460 e. The lowest BCUT2D eigenvalue weighted by molar-refractivity contribution is -0.156. The van der Waals surface area contributed by atoms with Crippen molar-refractivity contribution in [3.63, 3.8) is 0 Å². The number of nitrogens with zero attached hydrogens (tertiary/aromatic N) is 1. The largest absolute Gasteiger partial charge is 0.460 e. The van der Waals surface area contributed by atoms with Gasteiger partial charge in [0.05, 0.1) is 19.1 Å². The van der Waals surface area contributed by atoms with Crippen LogP contribution < -0.4 is 0 Å². The van der Waals surface area contributed by atoms with E-state index in [0.29, 0.717) is 0 Å². The lowest BCUT2D eigenvalue weighted by atomic mass is 10.0. The van der Waals surface area contributed by atoms with Gasteiger partial charge in [0.1, 0.15) is 12.2 Å². The highest BCUT2D eigenvalue weighted by molar-refractivity contribution is 5.71. The molecule has 0 radical (unpaired) electrons. The second-order valence-electron chi connectivity index (χ2n) is 7.06. The zero-order valence-corrected chi connectivity index (χ0v) is 14.4. The van der Waals surface area contributed by atoms with Crippen LogP contribution in [0.1, 0.15) is 32.8 Å². The van der Waals surface area contributed by atoms with E-state index in [1.807, 2.05) is 30.3 Å². The van der Waals surface area contributed by atoms with E-state index in [9.17, 15) is 14.7 Å². The van der Waals surface area contributed by atoms with E-state index in [0.717, 1.165) is 5.56 Å². The van der Waals surface area contributed by atoms with E-state index >= 15 is 0 Å². The number of rotatable bonds is 4. The van der Waals surface area contributed by atoms with Crippen molar-refractivity contribution in [3.05, 3.63) is 35.9 Å². The van der Waals surface area contributed by atoms with Gasteiger partial charge in [-0.15, -0.1) is 0 Å². The highest BCUT2D eigenvalue weighted by atomic mass is 16.6. The molecule has 24 heavy (non-hydrogen) atoms. The number of hydrogen-bond acceptors (Lipinski definition) is 5. The van der Waals surface area contributed by atoms with E-state index in [1.165, 1.54) is 4.90 Å². The molecule has 1 aliphatic rings. The molecule has 0 saturated carbocycles. The van der Waals surface area contributed by atoms with E-state index in [2.05, 4.69) is 0 Å². The SMILES string of the molecule is CC(C)(C)OC(=O)C[C@@H]1CN(C(=O)OCc2ccccc2)C[C@H]1O. The quantitative estimate of drug-likeness (QED) is 0.855. The molecule has 1 aliphatic heterocycles. The smallest absolute Gasteiger partial charge is 0.410 e. The molecule has 0 spiro atoms. The van der Waals surface area contributed by atoms with Crippen molar-refractivity contribution in [2.75, 3.05) is 13.1 Å². The fraction of sp³-hybridized carbons (Fsp3) is 0.556. The Labute approximate surface area is 142 Å². The van der Waals surface area contributed by atoms with Gasteiger partial charge in [-0.25, -0.2) is 4.79 Å². The van der Waals surface area contributed by atoms with Crippen molar-refractivity contribution in [1.82, 2.24) is 4.90 Å². The molecular formula is C18H25NO5. The van der Waals surface area contributed by atoms with E-state index in [1.54, 1.807) is 20.8 Å². The normalized spacial score (nSPS) is 20.8. The number of carbonyl (C=O) groups is 2. The Morgan fingerprint density at radius 2 is 1.88 bits per heavy atom. The van der Waals surface area contributed by atoms with Crippen LogP contribution in [0.2, 0.25) is 0 Å². The first kappa shape index (κ1) is 18.3. The van der Waals surface area contributed by atoms with E-state index in [4.69, 9.17) is 9.47 Å². The second-order valence-corrected chi connectivity index (χ2v) is 7.06. The fourth-order valence-corrected chi connectivity index (χ4v) is 2.61. The highest BCUT2D eigenvalue weighted by Crippen LogP contribution is 2.23. The van der Waals surface area contributed by atoms with Gasteiger partial charge < -0.3 is 19.5 Å². The third-order valence-electron chi connectivity index (χ3n) is 3.72. The molecule has 1 amide bonds. The molecule has 6 heteroatoms. The molecule has 6 nitrogen and oxygen atoms in total. The number of likely N-dealkylation sites (tertiary alicyclic amines) is 1. The molecule has 1 N–H and O–H groups in total. The van der Waals surface area contributed by atoms with E-state index in [-0.39, 0.29) is 38.0 Å². The molecule has 1 aromatic rings. The number of aliphatic hydroxyl groups is 1. The van der Waals surface area contributed by atoms with E-state index < -0.39 is 17.8 Å². The van der Waals surface area contributed by atoms with Gasteiger partial charge in [-0.1, -0.05) is 30.3 Å². The summed E-state index contributed by atoms with van der Waals surface area (Å²) in [6, 6.07) is 9.39. The predicted molar refractivity (Wildman–Crippen MR) is 88.2 cm³/mol. The van der Waals surface area contributed by atoms with Gasteiger partial charge in [0.2, 0.25) is 0 Å². The van der Waals surface area contributed by atoms with Crippen LogP contribution in [-0.4, -0.2) is 46.9 Å². The highest BCUT2D eigenvalue weighted by Gasteiger charge is 2.36. The Kier molecular flexibility index (Phi) is 5.83. The number of ether oxygens (including phenoxy) is 2. The van der Waals surface area contributed by atoms with Gasteiger partial charge in [-0.05, 0) is 26.3 Å². The third kappa shape index (κ3) is 5.53. The van der Waals surface area contributed by atoms with Gasteiger partial charge in [-0.3, -0.25) is 4.79 Å². The van der Waals surface area contributed by atoms with Gasteiger partial charge in [0.15, 0.2) is 0 Å². The number of aliphatic hydroxyl groups excluding tert-OH is 1. The zero-order chi connectivity index (χ0) is 17.7. The monoisotopic (exact) mass is 335 g/mol. The summed E-state index contributed by atoms with van der Waals surface area (Å²) in [6.07, 6.45) is -1.15. The molecule has 1 fully saturated rings. The number of esters is 1. The molecule has 2 atom stereocenters. The summed E-state index contributed by atoms with van der Waals surface area (Å²) in [5, 5.41) is 10.1. The molecule has 1 aromatic carbocycles. The summed E-state index contributed by atoms with van der Waals surface area (Å²) in [7, 11) is 0. The Bertz CT molecular complexity index is 567. The maximum atomic E-state index is 12.1.